The molecule has 0 fully saturated rings. The van der Waals surface area contributed by atoms with Crippen molar-refractivity contribution >= 4 is 5.97 Å². The first-order valence-corrected chi connectivity index (χ1v) is 7.51. The molecule has 0 atom stereocenters. The van der Waals surface area contributed by atoms with Crippen LogP contribution in [0.1, 0.15) is 72.1 Å². The molecule has 0 aromatic heterocycles. The lowest BCUT2D eigenvalue weighted by molar-refractivity contribution is -0.136. The van der Waals surface area contributed by atoms with E-state index in [-0.39, 0.29) is 24.7 Å². The Morgan fingerprint density at radius 3 is 1.61 bits per heavy atom. The van der Waals surface area contributed by atoms with Gasteiger partial charge in [-0.2, -0.15) is 0 Å². The molecule has 3 heteroatoms. The second-order valence-corrected chi connectivity index (χ2v) is 7.43. The molecule has 1 aromatic carbocycles. The highest BCUT2D eigenvalue weighted by Gasteiger charge is 2.26. The molecule has 23 heavy (non-hydrogen) atoms. The Labute approximate surface area is 142 Å². The lowest BCUT2D eigenvalue weighted by Gasteiger charge is -2.28. The number of carbonyl (C=O) groups is 1. The molecule has 1 rings (SSSR count). The maximum atomic E-state index is 10.8. The van der Waals surface area contributed by atoms with Gasteiger partial charge in [0.15, 0.2) is 0 Å². The van der Waals surface area contributed by atoms with Crippen molar-refractivity contribution in [3.8, 4) is 5.75 Å². The molecule has 0 heterocycles. The van der Waals surface area contributed by atoms with Gasteiger partial charge in [0.25, 0.3) is 0 Å². The van der Waals surface area contributed by atoms with Crippen LogP contribution in [0.2, 0.25) is 0 Å². The molecule has 0 saturated carbocycles. The molecule has 0 aliphatic rings. The zero-order valence-corrected chi connectivity index (χ0v) is 14.8. The minimum Gasteiger partial charge on any atom is -0.507 e. The molecule has 0 spiro atoms. The van der Waals surface area contributed by atoms with Crippen molar-refractivity contribution in [2.24, 2.45) is 0 Å². The lowest BCUT2D eigenvalue weighted by Crippen LogP contribution is -2.18. The van der Waals surface area contributed by atoms with Crippen LogP contribution in [0.5, 0.6) is 5.75 Å². The summed E-state index contributed by atoms with van der Waals surface area (Å²) in [5, 5.41) is 19.4. The number of phenols is 1. The van der Waals surface area contributed by atoms with Crippen LogP contribution in [-0.2, 0) is 22.0 Å². The highest BCUT2D eigenvalue weighted by Crippen LogP contribution is 2.39. The Hall–Kier alpha value is -1.77. The van der Waals surface area contributed by atoms with Crippen molar-refractivity contribution in [3.05, 3.63) is 42.0 Å². The molecular weight excluding hydrogens is 288 g/mol. The molecule has 0 saturated heterocycles. The summed E-state index contributed by atoms with van der Waals surface area (Å²) in [6, 6.07) is 3.88. The standard InChI is InChI=1S/C17H26O3.C2H4.CH4/c1-16(2,3)12-9-11(7-8-14(18)19)10-13(15(12)20)17(4,5)6;1-2;/h9-10,20H,7-8H2,1-6H3,(H,18,19);1-2H2;1H4. The molecule has 0 bridgehead atoms. The second-order valence-electron chi connectivity index (χ2n) is 7.43. The zero-order chi connectivity index (χ0) is 17.7. The summed E-state index contributed by atoms with van der Waals surface area (Å²) >= 11 is 0. The van der Waals surface area contributed by atoms with Crippen molar-refractivity contribution in [2.75, 3.05) is 0 Å². The summed E-state index contributed by atoms with van der Waals surface area (Å²) < 4.78 is 0. The average Bonchev–Trinajstić information content (AvgIpc) is 2.37. The summed E-state index contributed by atoms with van der Waals surface area (Å²) in [6.07, 6.45) is 0.597. The predicted molar refractivity (Wildman–Crippen MR) is 99.4 cm³/mol. The van der Waals surface area contributed by atoms with Gasteiger partial charge in [-0.1, -0.05) is 61.1 Å². The highest BCUT2D eigenvalue weighted by molar-refractivity contribution is 5.67. The second kappa shape index (κ2) is 8.76. The minimum atomic E-state index is -0.798. The van der Waals surface area contributed by atoms with Gasteiger partial charge in [-0.25, -0.2) is 0 Å². The number of hydrogen-bond donors (Lipinski definition) is 2. The summed E-state index contributed by atoms with van der Waals surface area (Å²) in [5.41, 5.74) is 2.38. The first-order chi connectivity index (χ1) is 9.93. The number of aryl methyl sites for hydroxylation is 1. The van der Waals surface area contributed by atoms with Gasteiger partial charge >= 0.3 is 5.97 Å². The fraction of sp³-hybridized carbons (Fsp3) is 0.550. The van der Waals surface area contributed by atoms with E-state index in [4.69, 9.17) is 5.11 Å². The lowest BCUT2D eigenvalue weighted by atomic mass is 9.78. The van der Waals surface area contributed by atoms with E-state index in [1.165, 1.54) is 0 Å². The van der Waals surface area contributed by atoms with Crippen LogP contribution in [0.4, 0.5) is 0 Å². The van der Waals surface area contributed by atoms with E-state index < -0.39 is 5.97 Å². The Morgan fingerprint density at radius 1 is 1.00 bits per heavy atom. The Morgan fingerprint density at radius 2 is 1.35 bits per heavy atom. The van der Waals surface area contributed by atoms with Gasteiger partial charge in [0, 0.05) is 6.42 Å². The Bertz CT molecular complexity index is 482. The predicted octanol–water partition coefficient (Wildman–Crippen LogP) is 5.44. The van der Waals surface area contributed by atoms with Crippen molar-refractivity contribution in [1.29, 1.82) is 0 Å². The van der Waals surface area contributed by atoms with Gasteiger partial charge in [-0.15, -0.1) is 13.2 Å². The molecule has 0 amide bonds. The number of rotatable bonds is 3. The Kier molecular flexibility index (Phi) is 8.94. The average molecular weight is 322 g/mol. The number of carboxylic acids is 1. The molecule has 132 valence electrons. The highest BCUT2D eigenvalue weighted by atomic mass is 16.4. The van der Waals surface area contributed by atoms with E-state index >= 15 is 0 Å². The monoisotopic (exact) mass is 322 g/mol. The normalized spacial score (nSPS) is 11.0. The van der Waals surface area contributed by atoms with E-state index in [1.807, 2.05) is 12.1 Å². The fourth-order valence-corrected chi connectivity index (χ4v) is 2.23. The Balaban J connectivity index is 0. The molecule has 0 aliphatic heterocycles. The van der Waals surface area contributed by atoms with Crippen LogP contribution in [0, 0.1) is 0 Å². The van der Waals surface area contributed by atoms with Crippen molar-refractivity contribution in [3.63, 3.8) is 0 Å². The number of benzene rings is 1. The minimum absolute atomic E-state index is 0. The first-order valence-electron chi connectivity index (χ1n) is 7.51. The van der Waals surface area contributed by atoms with Crippen LogP contribution in [0.15, 0.2) is 25.3 Å². The van der Waals surface area contributed by atoms with Gasteiger partial charge < -0.3 is 10.2 Å². The van der Waals surface area contributed by atoms with Crippen LogP contribution < -0.4 is 0 Å². The largest absolute Gasteiger partial charge is 0.507 e. The SMILES string of the molecule is C.C=C.CC(C)(C)c1cc(CCC(=O)O)cc(C(C)(C)C)c1O. The van der Waals surface area contributed by atoms with E-state index in [9.17, 15) is 9.90 Å². The first kappa shape index (κ1) is 23.5. The van der Waals surface area contributed by atoms with E-state index in [2.05, 4.69) is 54.7 Å². The molecule has 0 aliphatic carbocycles. The van der Waals surface area contributed by atoms with E-state index in [0.29, 0.717) is 12.2 Å². The number of phenolic OH excluding ortho intramolecular Hbond substituents is 1. The maximum Gasteiger partial charge on any atom is 0.303 e. The molecule has 0 unspecified atom stereocenters. The molecular formula is C20H34O3. The molecule has 0 radical (unpaired) electrons. The summed E-state index contributed by atoms with van der Waals surface area (Å²) in [4.78, 5) is 10.8. The third-order valence-corrected chi connectivity index (χ3v) is 3.41. The quantitative estimate of drug-likeness (QED) is 0.728. The van der Waals surface area contributed by atoms with Gasteiger partial charge in [0.1, 0.15) is 5.75 Å². The number of carboxylic acid groups (broad SMARTS) is 1. The third-order valence-electron chi connectivity index (χ3n) is 3.41. The van der Waals surface area contributed by atoms with E-state index in [1.54, 1.807) is 0 Å². The summed E-state index contributed by atoms with van der Waals surface area (Å²) in [5.74, 6) is -0.461. The van der Waals surface area contributed by atoms with Crippen molar-refractivity contribution < 1.29 is 15.0 Å². The van der Waals surface area contributed by atoms with Crippen LogP contribution in [0.25, 0.3) is 0 Å². The number of hydrogen-bond acceptors (Lipinski definition) is 2. The van der Waals surface area contributed by atoms with Gasteiger partial charge in [0.2, 0.25) is 0 Å². The van der Waals surface area contributed by atoms with Crippen molar-refractivity contribution in [1.82, 2.24) is 0 Å². The molecule has 3 nitrogen and oxygen atoms in total. The van der Waals surface area contributed by atoms with Crippen LogP contribution in [0.3, 0.4) is 0 Å². The topological polar surface area (TPSA) is 57.5 Å². The van der Waals surface area contributed by atoms with Crippen LogP contribution in [-0.4, -0.2) is 16.2 Å². The third kappa shape index (κ3) is 6.89. The van der Waals surface area contributed by atoms with Gasteiger partial charge in [-0.05, 0) is 33.9 Å². The number of aromatic hydroxyl groups is 1. The van der Waals surface area contributed by atoms with Gasteiger partial charge in [0.05, 0.1) is 0 Å². The number of aliphatic carboxylic acids is 1. The smallest absolute Gasteiger partial charge is 0.303 e. The van der Waals surface area contributed by atoms with Crippen molar-refractivity contribution in [2.45, 2.75) is 72.6 Å². The fourth-order valence-electron chi connectivity index (χ4n) is 2.23. The van der Waals surface area contributed by atoms with E-state index in [0.717, 1.165) is 16.7 Å². The van der Waals surface area contributed by atoms with Crippen LogP contribution >= 0.6 is 0 Å². The molecule has 2 N–H and O–H groups in total. The summed E-state index contributed by atoms with van der Waals surface area (Å²) in [7, 11) is 0. The molecule has 1 aromatic rings. The van der Waals surface area contributed by atoms with Gasteiger partial charge in [-0.3, -0.25) is 4.79 Å². The maximum absolute atomic E-state index is 10.8. The zero-order valence-electron chi connectivity index (χ0n) is 14.8. The summed E-state index contributed by atoms with van der Waals surface area (Å²) in [6.45, 7) is 18.3.